The summed E-state index contributed by atoms with van der Waals surface area (Å²) >= 11 is 0. The number of carboxylic acid groups (broad SMARTS) is 1. The number of benzene rings is 3. The van der Waals surface area contributed by atoms with Crippen LogP contribution in [-0.2, 0) is 20.9 Å². The van der Waals surface area contributed by atoms with Crippen LogP contribution in [0.3, 0.4) is 0 Å². The van der Waals surface area contributed by atoms with E-state index in [0.717, 1.165) is 27.8 Å². The molecule has 0 saturated carbocycles. The number of ether oxygens (including phenoxy) is 1. The molecule has 1 saturated heterocycles. The molecule has 8 nitrogen and oxygen atoms in total. The van der Waals surface area contributed by atoms with Gasteiger partial charge in [0, 0.05) is 32.1 Å². The molecule has 1 atom stereocenters. The Bertz CT molecular complexity index is 1280. The fourth-order valence-electron chi connectivity index (χ4n) is 5.49. The average molecular weight is 514 g/mol. The molecule has 5 rings (SSSR count). The molecule has 1 heterocycles. The molecule has 196 valence electrons. The van der Waals surface area contributed by atoms with E-state index in [1.165, 1.54) is 0 Å². The number of carbonyl (C=O) groups is 3. The fourth-order valence-corrected chi connectivity index (χ4v) is 5.49. The molecule has 3 aromatic carbocycles. The fraction of sp³-hybridized carbons (Fsp3) is 0.300. The highest BCUT2D eigenvalue weighted by molar-refractivity contribution is 5.91. The zero-order chi connectivity index (χ0) is 26.5. The van der Waals surface area contributed by atoms with Crippen LogP contribution in [0.1, 0.15) is 35.4 Å². The second-order valence-corrected chi connectivity index (χ2v) is 9.88. The molecule has 8 heteroatoms. The van der Waals surface area contributed by atoms with E-state index in [-0.39, 0.29) is 25.5 Å². The summed E-state index contributed by atoms with van der Waals surface area (Å²) in [6.07, 6.45) is -0.467. The highest BCUT2D eigenvalue weighted by atomic mass is 16.5. The van der Waals surface area contributed by atoms with Crippen LogP contribution in [0.15, 0.2) is 78.9 Å². The van der Waals surface area contributed by atoms with Gasteiger partial charge in [-0.25, -0.2) is 4.79 Å². The summed E-state index contributed by atoms with van der Waals surface area (Å²) in [7, 11) is 0. The van der Waals surface area contributed by atoms with Crippen molar-refractivity contribution in [3.8, 4) is 11.1 Å². The van der Waals surface area contributed by atoms with E-state index in [4.69, 9.17) is 9.84 Å². The Labute approximate surface area is 221 Å². The van der Waals surface area contributed by atoms with Crippen molar-refractivity contribution in [3.05, 3.63) is 95.6 Å². The quantitative estimate of drug-likeness (QED) is 0.402. The van der Waals surface area contributed by atoms with E-state index in [2.05, 4.69) is 39.8 Å². The third kappa shape index (κ3) is 5.40. The van der Waals surface area contributed by atoms with Gasteiger partial charge in [-0.3, -0.25) is 14.5 Å². The molecule has 38 heavy (non-hydrogen) atoms. The summed E-state index contributed by atoms with van der Waals surface area (Å²) in [6, 6.07) is 26.1. The normalized spacial score (nSPS) is 18.4. The summed E-state index contributed by atoms with van der Waals surface area (Å²) in [5.74, 6) is -1.49. The summed E-state index contributed by atoms with van der Waals surface area (Å²) in [5, 5.41) is 14.5. The minimum Gasteiger partial charge on any atom is -0.481 e. The summed E-state index contributed by atoms with van der Waals surface area (Å²) < 4.78 is 5.73. The molecule has 1 aliphatic carbocycles. The molecule has 2 amide bonds. The van der Waals surface area contributed by atoms with Crippen LogP contribution >= 0.6 is 0 Å². The van der Waals surface area contributed by atoms with E-state index in [0.29, 0.717) is 26.1 Å². The first-order valence-corrected chi connectivity index (χ1v) is 12.8. The van der Waals surface area contributed by atoms with Gasteiger partial charge in [0.15, 0.2) is 0 Å². The highest BCUT2D eigenvalue weighted by Crippen LogP contribution is 2.44. The van der Waals surface area contributed by atoms with E-state index in [1.54, 1.807) is 0 Å². The number of hydrogen-bond donors (Lipinski definition) is 3. The van der Waals surface area contributed by atoms with Gasteiger partial charge in [-0.05, 0) is 34.2 Å². The van der Waals surface area contributed by atoms with Crippen molar-refractivity contribution in [2.45, 2.75) is 30.8 Å². The number of carbonyl (C=O) groups excluding carboxylic acids is 2. The third-order valence-electron chi connectivity index (χ3n) is 7.34. The van der Waals surface area contributed by atoms with Gasteiger partial charge in [-0.2, -0.15) is 0 Å². The van der Waals surface area contributed by atoms with Gasteiger partial charge in [-0.15, -0.1) is 0 Å². The monoisotopic (exact) mass is 513 g/mol. The molecule has 0 bridgehead atoms. The van der Waals surface area contributed by atoms with Gasteiger partial charge in [-0.1, -0.05) is 78.9 Å². The van der Waals surface area contributed by atoms with Crippen LogP contribution in [0.4, 0.5) is 4.79 Å². The van der Waals surface area contributed by atoms with Gasteiger partial charge in [0.25, 0.3) is 0 Å². The van der Waals surface area contributed by atoms with E-state index < -0.39 is 23.5 Å². The standard InChI is InChI=1S/C30H31N3O5/c34-27(35)14-16-31-28(36)30(15-17-33(20-30)18-21-8-2-1-3-9-21)32-29(37)38-19-26-24-12-6-4-10-22(24)23-11-5-7-13-25(23)26/h1-13,26H,14-20H2,(H,31,36)(H,32,37)(H,34,35). The summed E-state index contributed by atoms with van der Waals surface area (Å²) in [6.45, 7) is 1.67. The third-order valence-corrected chi connectivity index (χ3v) is 7.34. The van der Waals surface area contributed by atoms with Crippen LogP contribution in [0.5, 0.6) is 0 Å². The molecule has 0 spiro atoms. The molecule has 2 aliphatic rings. The number of fused-ring (bicyclic) bond motifs is 3. The second kappa shape index (κ2) is 11.1. The number of likely N-dealkylation sites (tertiary alicyclic amines) is 1. The first kappa shape index (κ1) is 25.5. The Hall–Kier alpha value is -4.17. The Morgan fingerprint density at radius 3 is 2.21 bits per heavy atom. The highest BCUT2D eigenvalue weighted by Gasteiger charge is 2.46. The van der Waals surface area contributed by atoms with Crippen molar-refractivity contribution < 1.29 is 24.2 Å². The Morgan fingerprint density at radius 2 is 1.55 bits per heavy atom. The zero-order valence-electron chi connectivity index (χ0n) is 21.1. The minimum atomic E-state index is -1.21. The van der Waals surface area contributed by atoms with Crippen molar-refractivity contribution in [2.24, 2.45) is 0 Å². The van der Waals surface area contributed by atoms with Gasteiger partial charge < -0.3 is 20.5 Å². The average Bonchev–Trinajstić information content (AvgIpc) is 3.47. The number of hydrogen-bond acceptors (Lipinski definition) is 5. The van der Waals surface area contributed by atoms with Gasteiger partial charge in [0.2, 0.25) is 5.91 Å². The number of amides is 2. The lowest BCUT2D eigenvalue weighted by atomic mass is 9.97. The number of alkyl carbamates (subject to hydrolysis) is 1. The molecule has 3 aromatic rings. The lowest BCUT2D eigenvalue weighted by molar-refractivity contribution is -0.137. The van der Waals surface area contributed by atoms with Crippen molar-refractivity contribution in [1.82, 2.24) is 15.5 Å². The van der Waals surface area contributed by atoms with E-state index in [1.807, 2.05) is 54.6 Å². The maximum atomic E-state index is 13.3. The number of rotatable bonds is 9. The number of carboxylic acids is 1. The largest absolute Gasteiger partial charge is 0.481 e. The maximum Gasteiger partial charge on any atom is 0.408 e. The number of aliphatic carboxylic acids is 1. The van der Waals surface area contributed by atoms with Crippen molar-refractivity contribution in [2.75, 3.05) is 26.2 Å². The molecule has 1 unspecified atom stereocenters. The molecule has 0 radical (unpaired) electrons. The lowest BCUT2D eigenvalue weighted by Crippen LogP contribution is -2.60. The smallest absolute Gasteiger partial charge is 0.408 e. The summed E-state index contributed by atoms with van der Waals surface area (Å²) in [4.78, 5) is 39.4. The SMILES string of the molecule is O=C(O)CCNC(=O)C1(NC(=O)OCC2c3ccccc3-c3ccccc32)CCN(Cc2ccccc2)C1. The summed E-state index contributed by atoms with van der Waals surface area (Å²) in [5.41, 5.74) is 4.39. The number of nitrogens with zero attached hydrogens (tertiary/aromatic N) is 1. The lowest BCUT2D eigenvalue weighted by Gasteiger charge is -2.29. The Balaban J connectivity index is 1.28. The van der Waals surface area contributed by atoms with Crippen molar-refractivity contribution in [3.63, 3.8) is 0 Å². The first-order chi connectivity index (χ1) is 18.4. The van der Waals surface area contributed by atoms with E-state index >= 15 is 0 Å². The Morgan fingerprint density at radius 1 is 0.921 bits per heavy atom. The van der Waals surface area contributed by atoms with Crippen LogP contribution < -0.4 is 10.6 Å². The molecule has 1 fully saturated rings. The maximum absolute atomic E-state index is 13.3. The number of nitrogens with one attached hydrogen (secondary N) is 2. The van der Waals surface area contributed by atoms with E-state index in [9.17, 15) is 14.4 Å². The van der Waals surface area contributed by atoms with Crippen molar-refractivity contribution >= 4 is 18.0 Å². The Kier molecular flexibility index (Phi) is 7.42. The van der Waals surface area contributed by atoms with Crippen LogP contribution in [0.25, 0.3) is 11.1 Å². The van der Waals surface area contributed by atoms with Crippen LogP contribution in [0.2, 0.25) is 0 Å². The van der Waals surface area contributed by atoms with Crippen molar-refractivity contribution in [1.29, 1.82) is 0 Å². The molecule has 3 N–H and O–H groups in total. The van der Waals surface area contributed by atoms with Crippen LogP contribution in [-0.4, -0.2) is 59.8 Å². The molecular formula is C30H31N3O5. The van der Waals surface area contributed by atoms with Crippen LogP contribution in [0, 0.1) is 0 Å². The predicted octanol–water partition coefficient (Wildman–Crippen LogP) is 3.76. The second-order valence-electron chi connectivity index (χ2n) is 9.88. The van der Waals surface area contributed by atoms with Gasteiger partial charge in [0.05, 0.1) is 6.42 Å². The molecule has 1 aliphatic heterocycles. The van der Waals surface area contributed by atoms with Gasteiger partial charge in [0.1, 0.15) is 12.1 Å². The first-order valence-electron chi connectivity index (χ1n) is 12.8. The predicted molar refractivity (Wildman–Crippen MR) is 143 cm³/mol. The van der Waals surface area contributed by atoms with Gasteiger partial charge >= 0.3 is 12.1 Å². The molecular weight excluding hydrogens is 482 g/mol. The zero-order valence-corrected chi connectivity index (χ0v) is 21.1. The topological polar surface area (TPSA) is 108 Å². The molecule has 0 aromatic heterocycles. The minimum absolute atomic E-state index is 0.0129.